The smallest absolute Gasteiger partial charge is 0.344 e. The lowest BCUT2D eigenvalue weighted by Gasteiger charge is -2.54. The van der Waals surface area contributed by atoms with Crippen LogP contribution in [-0.4, -0.2) is 63.1 Å². The van der Waals surface area contributed by atoms with Gasteiger partial charge < -0.3 is 37.0 Å². The van der Waals surface area contributed by atoms with E-state index in [1.54, 1.807) is 29.9 Å². The fourth-order valence-corrected chi connectivity index (χ4v) is 7.25. The minimum Gasteiger partial charge on any atom is -1.00 e. The van der Waals surface area contributed by atoms with Gasteiger partial charge in [-0.2, -0.15) is 0 Å². The lowest BCUT2D eigenvalue weighted by Crippen LogP contribution is -3.00. The number of aromatic nitrogens is 2. The van der Waals surface area contributed by atoms with Crippen molar-refractivity contribution in [3.8, 4) is 0 Å². The number of nitrogens with zero attached hydrogens (tertiary/aromatic N) is 3. The van der Waals surface area contributed by atoms with Crippen LogP contribution in [0.5, 0.6) is 0 Å². The number of piperidine rings is 3. The lowest BCUT2D eigenvalue weighted by molar-refractivity contribution is -0.965. The Morgan fingerprint density at radius 1 is 1.25 bits per heavy atom. The number of esters is 1. The number of nitrogens with two attached hydrogens (primary N) is 1. The SMILES string of the molecule is NC(=O)C(c1cncnc1)[N+]12CCC(CC1)[C@@H](OC(=O)C(O)(c1cccs1)C1CCC(F)(F)C1)C2.[Br-]. The highest BCUT2D eigenvalue weighted by Crippen LogP contribution is 2.50. The Labute approximate surface area is 222 Å². The van der Waals surface area contributed by atoms with E-state index in [1.165, 1.54) is 6.33 Å². The molecule has 3 aliphatic heterocycles. The number of hydrogen-bond acceptors (Lipinski definition) is 7. The van der Waals surface area contributed by atoms with Crippen molar-refractivity contribution >= 4 is 23.2 Å². The number of aliphatic hydroxyl groups is 1. The van der Waals surface area contributed by atoms with Gasteiger partial charge in [-0.3, -0.25) is 4.79 Å². The number of amides is 1. The topological polar surface area (TPSA) is 115 Å². The van der Waals surface area contributed by atoms with Crippen LogP contribution in [0.15, 0.2) is 36.2 Å². The number of carbonyl (C=O) groups excluding carboxylic acids is 2. The number of fused-ring (bicyclic) bond motifs is 3. The van der Waals surface area contributed by atoms with E-state index in [4.69, 9.17) is 10.5 Å². The monoisotopic (exact) mass is 586 g/mol. The largest absolute Gasteiger partial charge is 1.00 e. The molecule has 1 aliphatic carbocycles. The highest BCUT2D eigenvalue weighted by atomic mass is 79.9. The first-order valence-electron chi connectivity index (χ1n) is 11.9. The Hall–Kier alpha value is -2.02. The molecule has 0 radical (unpaired) electrons. The van der Waals surface area contributed by atoms with Gasteiger partial charge >= 0.3 is 5.97 Å². The van der Waals surface area contributed by atoms with Gasteiger partial charge in [-0.1, -0.05) is 6.07 Å². The van der Waals surface area contributed by atoms with Gasteiger partial charge in [-0.25, -0.2) is 23.5 Å². The normalized spacial score (nSPS) is 31.1. The van der Waals surface area contributed by atoms with Crippen molar-refractivity contribution in [1.82, 2.24) is 9.97 Å². The molecule has 4 atom stereocenters. The maximum atomic E-state index is 14.1. The summed E-state index contributed by atoms with van der Waals surface area (Å²) >= 11 is 1.15. The Balaban J connectivity index is 0.00000304. The minimum absolute atomic E-state index is 0. The maximum Gasteiger partial charge on any atom is 0.344 e. The Morgan fingerprint density at radius 2 is 1.94 bits per heavy atom. The Bertz CT molecular complexity index is 1090. The fourth-order valence-electron chi connectivity index (χ4n) is 6.36. The highest BCUT2D eigenvalue weighted by Gasteiger charge is 2.58. The third-order valence-electron chi connectivity index (χ3n) is 8.13. The number of thiophene rings is 1. The van der Waals surface area contributed by atoms with Gasteiger partial charge in [0.05, 0.1) is 18.7 Å². The number of primary amides is 1. The molecular formula is C24H29BrF2N4O4S. The second-order valence-electron chi connectivity index (χ2n) is 10.1. The summed E-state index contributed by atoms with van der Waals surface area (Å²) in [7, 11) is 0. The van der Waals surface area contributed by atoms with Crippen molar-refractivity contribution in [3.05, 3.63) is 46.7 Å². The molecule has 12 heteroatoms. The average Bonchev–Trinajstić information content (AvgIpc) is 3.50. The summed E-state index contributed by atoms with van der Waals surface area (Å²) in [4.78, 5) is 34.5. The molecule has 3 unspecified atom stereocenters. The molecule has 6 rings (SSSR count). The molecule has 3 saturated heterocycles. The van der Waals surface area contributed by atoms with Crippen molar-refractivity contribution in [1.29, 1.82) is 0 Å². The second kappa shape index (κ2) is 10.0. The lowest BCUT2D eigenvalue weighted by atomic mass is 9.80. The summed E-state index contributed by atoms with van der Waals surface area (Å²) in [5, 5.41) is 13.3. The van der Waals surface area contributed by atoms with Crippen LogP contribution in [0.1, 0.15) is 48.6 Å². The Kier molecular flexibility index (Phi) is 7.53. The van der Waals surface area contributed by atoms with Crippen molar-refractivity contribution in [2.24, 2.45) is 17.6 Å². The van der Waals surface area contributed by atoms with Crippen LogP contribution in [0, 0.1) is 11.8 Å². The van der Waals surface area contributed by atoms with Crippen LogP contribution < -0.4 is 22.7 Å². The molecule has 8 nitrogen and oxygen atoms in total. The van der Waals surface area contributed by atoms with Gasteiger partial charge in [-0.05, 0) is 17.9 Å². The zero-order valence-corrected chi connectivity index (χ0v) is 22.0. The third kappa shape index (κ3) is 4.68. The molecule has 4 aliphatic rings. The third-order valence-corrected chi connectivity index (χ3v) is 9.13. The minimum atomic E-state index is -2.92. The average molecular weight is 587 g/mol. The highest BCUT2D eigenvalue weighted by molar-refractivity contribution is 7.10. The zero-order valence-electron chi connectivity index (χ0n) is 19.6. The summed E-state index contributed by atoms with van der Waals surface area (Å²) in [6.45, 7) is 1.72. The van der Waals surface area contributed by atoms with Crippen LogP contribution in [0.2, 0.25) is 0 Å². The van der Waals surface area contributed by atoms with E-state index >= 15 is 0 Å². The van der Waals surface area contributed by atoms with Gasteiger partial charge in [0.15, 0.2) is 17.7 Å². The molecule has 2 aromatic heterocycles. The van der Waals surface area contributed by atoms with Crippen LogP contribution in [-0.2, 0) is 19.9 Å². The van der Waals surface area contributed by atoms with E-state index in [2.05, 4.69) is 9.97 Å². The molecule has 4 fully saturated rings. The second-order valence-corrected chi connectivity index (χ2v) is 11.1. The van der Waals surface area contributed by atoms with Crippen LogP contribution in [0.3, 0.4) is 0 Å². The standard InChI is InChI=1S/C24H28F2N4O4S.BrH/c25-23(26)6-3-17(10-23)24(33,19-2-1-9-35-19)22(32)34-18-13-30(7-4-15(18)5-8-30)20(21(27)31)16-11-28-14-29-12-16;/h1-2,9,11-12,14-15,17-18,20,33H,3-8,10,13H2,(H-,27,31);1H/t15?,17?,18-,20?,24?,30?;/m0./s1. The first-order chi connectivity index (χ1) is 16.6. The molecule has 2 bridgehead atoms. The van der Waals surface area contributed by atoms with Crippen molar-refractivity contribution in [2.75, 3.05) is 19.6 Å². The molecule has 3 N–H and O–H groups in total. The first kappa shape index (κ1) is 27.0. The van der Waals surface area contributed by atoms with Gasteiger partial charge in [0, 0.05) is 54.8 Å². The molecule has 2 aromatic rings. The molecule has 1 amide bonds. The van der Waals surface area contributed by atoms with Crippen LogP contribution >= 0.6 is 11.3 Å². The number of hydrogen-bond donors (Lipinski definition) is 2. The zero-order chi connectivity index (χ0) is 24.8. The van der Waals surface area contributed by atoms with Gasteiger partial charge in [0.1, 0.15) is 12.9 Å². The van der Waals surface area contributed by atoms with Gasteiger partial charge in [-0.15, -0.1) is 11.3 Å². The van der Waals surface area contributed by atoms with Crippen molar-refractivity contribution < 1.29 is 49.7 Å². The number of ether oxygens (including phenoxy) is 1. The predicted molar refractivity (Wildman–Crippen MR) is 122 cm³/mol. The predicted octanol–water partition coefficient (Wildman–Crippen LogP) is -0.456. The first-order valence-corrected chi connectivity index (χ1v) is 12.8. The molecule has 0 aromatic carbocycles. The number of halogens is 3. The number of carbonyl (C=O) groups is 2. The summed E-state index contributed by atoms with van der Waals surface area (Å²) in [5.74, 6) is -5.19. The van der Waals surface area contributed by atoms with E-state index in [0.29, 0.717) is 47.4 Å². The van der Waals surface area contributed by atoms with Crippen LogP contribution in [0.25, 0.3) is 0 Å². The van der Waals surface area contributed by atoms with Gasteiger partial charge in [0.2, 0.25) is 5.92 Å². The quantitative estimate of drug-likeness (QED) is 0.335. The molecule has 36 heavy (non-hydrogen) atoms. The van der Waals surface area contributed by atoms with E-state index in [0.717, 1.165) is 11.3 Å². The fraction of sp³-hybridized carbons (Fsp3) is 0.583. The van der Waals surface area contributed by atoms with E-state index in [9.17, 15) is 23.5 Å². The maximum absolute atomic E-state index is 14.1. The molecule has 5 heterocycles. The van der Waals surface area contributed by atoms with Crippen LogP contribution in [0.4, 0.5) is 8.78 Å². The molecule has 196 valence electrons. The molecule has 1 saturated carbocycles. The Morgan fingerprint density at radius 3 is 2.50 bits per heavy atom. The molecule has 0 spiro atoms. The number of quaternary nitrogens is 1. The summed E-state index contributed by atoms with van der Waals surface area (Å²) < 4.78 is 34.4. The van der Waals surface area contributed by atoms with E-state index in [1.807, 2.05) is 0 Å². The van der Waals surface area contributed by atoms with E-state index < -0.39 is 47.9 Å². The number of alkyl halides is 2. The van der Waals surface area contributed by atoms with Gasteiger partial charge in [0.25, 0.3) is 5.91 Å². The summed E-state index contributed by atoms with van der Waals surface area (Å²) in [6.07, 6.45) is 4.49. The summed E-state index contributed by atoms with van der Waals surface area (Å²) in [5.41, 5.74) is 4.31. The van der Waals surface area contributed by atoms with E-state index in [-0.39, 0.29) is 35.7 Å². The van der Waals surface area contributed by atoms with Crippen molar-refractivity contribution in [2.45, 2.75) is 55.8 Å². The van der Waals surface area contributed by atoms with Crippen molar-refractivity contribution in [3.63, 3.8) is 0 Å². The number of rotatable bonds is 7. The molecular weight excluding hydrogens is 558 g/mol. The summed E-state index contributed by atoms with van der Waals surface area (Å²) in [6, 6.07) is 2.58.